The molecule has 3 amide bonds. The van der Waals surface area contributed by atoms with E-state index in [9.17, 15) is 14.4 Å². The van der Waals surface area contributed by atoms with Crippen molar-refractivity contribution in [1.29, 1.82) is 0 Å². The zero-order valence-corrected chi connectivity index (χ0v) is 12.9. The number of hydrogen-bond acceptors (Lipinski definition) is 4. The Morgan fingerprint density at radius 3 is 2.71 bits per heavy atom. The van der Waals surface area contributed by atoms with Gasteiger partial charge in [0.2, 0.25) is 5.91 Å². The van der Waals surface area contributed by atoms with Crippen molar-refractivity contribution >= 4 is 17.7 Å². The van der Waals surface area contributed by atoms with Gasteiger partial charge in [-0.15, -0.1) is 0 Å². The van der Waals surface area contributed by atoms with Crippen molar-refractivity contribution in [2.45, 2.75) is 39.2 Å². The van der Waals surface area contributed by atoms with Crippen LogP contribution < -0.4 is 16.0 Å². The molecule has 3 N–H and O–H groups in total. The van der Waals surface area contributed by atoms with Gasteiger partial charge in [0.1, 0.15) is 0 Å². The van der Waals surface area contributed by atoms with Gasteiger partial charge in [-0.2, -0.15) is 0 Å². The first-order valence-corrected chi connectivity index (χ1v) is 7.61. The first kappa shape index (κ1) is 17.4. The van der Waals surface area contributed by atoms with Crippen LogP contribution in [0, 0.1) is 0 Å². The van der Waals surface area contributed by atoms with Gasteiger partial charge < -0.3 is 20.9 Å². The smallest absolute Gasteiger partial charge is 0.311 e. The summed E-state index contributed by atoms with van der Waals surface area (Å²) in [7, 11) is 0. The molecule has 21 heavy (non-hydrogen) atoms. The molecule has 0 aromatic rings. The molecule has 7 heteroatoms. The van der Waals surface area contributed by atoms with Crippen molar-refractivity contribution in [3.63, 3.8) is 0 Å². The molecule has 7 nitrogen and oxygen atoms in total. The van der Waals surface area contributed by atoms with E-state index in [0.29, 0.717) is 19.6 Å². The van der Waals surface area contributed by atoms with E-state index in [1.54, 1.807) is 4.90 Å². The number of nitrogens with zero attached hydrogens (tertiary/aromatic N) is 1. The molecule has 0 aromatic heterocycles. The highest BCUT2D eigenvalue weighted by Crippen LogP contribution is 1.96. The fourth-order valence-electron chi connectivity index (χ4n) is 2.01. The monoisotopic (exact) mass is 298 g/mol. The van der Waals surface area contributed by atoms with Crippen molar-refractivity contribution in [3.8, 4) is 0 Å². The second-order valence-corrected chi connectivity index (χ2v) is 5.28. The van der Waals surface area contributed by atoms with E-state index in [2.05, 4.69) is 16.0 Å². The Kier molecular flexibility index (Phi) is 7.74. The van der Waals surface area contributed by atoms with Crippen molar-refractivity contribution in [1.82, 2.24) is 20.9 Å². The lowest BCUT2D eigenvalue weighted by molar-refractivity contribution is -0.145. The third-order valence-corrected chi connectivity index (χ3v) is 3.48. The molecule has 0 spiro atoms. The maximum absolute atomic E-state index is 11.9. The molecule has 1 heterocycles. The number of hydrogen-bond donors (Lipinski definition) is 3. The summed E-state index contributed by atoms with van der Waals surface area (Å²) in [6.45, 7) is 6.79. The van der Waals surface area contributed by atoms with Crippen LogP contribution in [-0.4, -0.2) is 61.4 Å². The summed E-state index contributed by atoms with van der Waals surface area (Å²) in [6.07, 6.45) is 1.89. The Morgan fingerprint density at radius 2 is 2.00 bits per heavy atom. The SMILES string of the molecule is CCC(C)NC(=O)CCNC(=O)C(=O)N1CCCNCC1. The second kappa shape index (κ2) is 9.33. The molecule has 0 aromatic carbocycles. The number of rotatable bonds is 5. The minimum Gasteiger partial charge on any atom is -0.354 e. The minimum atomic E-state index is -0.631. The van der Waals surface area contributed by atoms with Gasteiger partial charge in [-0.25, -0.2) is 0 Å². The molecular formula is C14H26N4O3. The van der Waals surface area contributed by atoms with Gasteiger partial charge in [-0.3, -0.25) is 14.4 Å². The molecule has 0 radical (unpaired) electrons. The average Bonchev–Trinajstić information content (AvgIpc) is 2.75. The zero-order chi connectivity index (χ0) is 15.7. The van der Waals surface area contributed by atoms with Gasteiger partial charge in [-0.05, 0) is 26.3 Å². The first-order chi connectivity index (χ1) is 10.0. The summed E-state index contributed by atoms with van der Waals surface area (Å²) < 4.78 is 0. The van der Waals surface area contributed by atoms with Gasteiger partial charge >= 0.3 is 11.8 Å². The molecule has 1 saturated heterocycles. The molecule has 1 aliphatic heterocycles. The summed E-state index contributed by atoms with van der Waals surface area (Å²) in [5.74, 6) is -1.26. The van der Waals surface area contributed by atoms with Gasteiger partial charge in [0.15, 0.2) is 0 Å². The predicted molar refractivity (Wildman–Crippen MR) is 79.6 cm³/mol. The standard InChI is InChI=1S/C14H26N4O3/c1-3-11(2)17-12(19)5-7-16-13(20)14(21)18-9-4-6-15-8-10-18/h11,15H,3-10H2,1-2H3,(H,16,20)(H,17,19). The van der Waals surface area contributed by atoms with E-state index in [-0.39, 0.29) is 24.9 Å². The molecule has 1 rings (SSSR count). The zero-order valence-electron chi connectivity index (χ0n) is 12.9. The summed E-state index contributed by atoms with van der Waals surface area (Å²) in [5.41, 5.74) is 0. The second-order valence-electron chi connectivity index (χ2n) is 5.28. The Hall–Kier alpha value is -1.63. The number of carbonyl (C=O) groups is 3. The van der Waals surface area contributed by atoms with E-state index >= 15 is 0 Å². The molecule has 0 bridgehead atoms. The Morgan fingerprint density at radius 1 is 1.24 bits per heavy atom. The normalized spacial score (nSPS) is 16.8. The molecule has 1 fully saturated rings. The molecular weight excluding hydrogens is 272 g/mol. The van der Waals surface area contributed by atoms with Crippen LogP contribution in [0.15, 0.2) is 0 Å². The van der Waals surface area contributed by atoms with Gasteiger partial charge in [0.25, 0.3) is 0 Å². The summed E-state index contributed by atoms with van der Waals surface area (Å²) in [5, 5.41) is 8.50. The maximum atomic E-state index is 11.9. The Balaban J connectivity index is 2.26. The van der Waals surface area contributed by atoms with Crippen LogP contribution in [0.2, 0.25) is 0 Å². The van der Waals surface area contributed by atoms with Crippen LogP contribution in [0.25, 0.3) is 0 Å². The molecule has 1 aliphatic rings. The lowest BCUT2D eigenvalue weighted by atomic mass is 10.2. The predicted octanol–water partition coefficient (Wildman–Crippen LogP) is -0.771. The van der Waals surface area contributed by atoms with E-state index in [1.165, 1.54) is 0 Å². The lowest BCUT2D eigenvalue weighted by Crippen LogP contribution is -2.45. The largest absolute Gasteiger partial charge is 0.354 e. The van der Waals surface area contributed by atoms with Crippen LogP contribution >= 0.6 is 0 Å². The highest BCUT2D eigenvalue weighted by Gasteiger charge is 2.22. The fraction of sp³-hybridized carbons (Fsp3) is 0.786. The fourth-order valence-corrected chi connectivity index (χ4v) is 2.01. The third-order valence-electron chi connectivity index (χ3n) is 3.48. The van der Waals surface area contributed by atoms with Crippen LogP contribution in [0.5, 0.6) is 0 Å². The molecule has 0 saturated carbocycles. The van der Waals surface area contributed by atoms with E-state index in [4.69, 9.17) is 0 Å². The quantitative estimate of drug-likeness (QED) is 0.581. The average molecular weight is 298 g/mol. The third kappa shape index (κ3) is 6.57. The van der Waals surface area contributed by atoms with E-state index in [0.717, 1.165) is 19.4 Å². The van der Waals surface area contributed by atoms with E-state index < -0.39 is 11.8 Å². The summed E-state index contributed by atoms with van der Waals surface area (Å²) in [4.78, 5) is 36.8. The molecule has 1 unspecified atom stereocenters. The Labute approximate surface area is 125 Å². The number of amides is 3. The van der Waals surface area contributed by atoms with Crippen molar-refractivity contribution in [2.75, 3.05) is 32.7 Å². The topological polar surface area (TPSA) is 90.5 Å². The van der Waals surface area contributed by atoms with Gasteiger partial charge in [0.05, 0.1) is 0 Å². The highest BCUT2D eigenvalue weighted by molar-refractivity contribution is 6.35. The highest BCUT2D eigenvalue weighted by atomic mass is 16.2. The number of nitrogens with one attached hydrogen (secondary N) is 3. The van der Waals surface area contributed by atoms with Crippen LogP contribution in [0.4, 0.5) is 0 Å². The van der Waals surface area contributed by atoms with Crippen molar-refractivity contribution in [3.05, 3.63) is 0 Å². The van der Waals surface area contributed by atoms with Crippen LogP contribution in [0.3, 0.4) is 0 Å². The summed E-state index contributed by atoms with van der Waals surface area (Å²) >= 11 is 0. The number of carbonyl (C=O) groups excluding carboxylic acids is 3. The summed E-state index contributed by atoms with van der Waals surface area (Å²) in [6, 6.07) is 0.124. The Bertz CT molecular complexity index is 365. The van der Waals surface area contributed by atoms with Crippen molar-refractivity contribution < 1.29 is 14.4 Å². The van der Waals surface area contributed by atoms with Crippen LogP contribution in [0.1, 0.15) is 33.1 Å². The van der Waals surface area contributed by atoms with E-state index in [1.807, 2.05) is 13.8 Å². The van der Waals surface area contributed by atoms with Crippen LogP contribution in [-0.2, 0) is 14.4 Å². The molecule has 0 aliphatic carbocycles. The van der Waals surface area contributed by atoms with Gasteiger partial charge in [0, 0.05) is 38.6 Å². The maximum Gasteiger partial charge on any atom is 0.311 e. The minimum absolute atomic E-state index is 0.115. The first-order valence-electron chi connectivity index (χ1n) is 7.61. The van der Waals surface area contributed by atoms with Crippen molar-refractivity contribution in [2.24, 2.45) is 0 Å². The molecule has 120 valence electrons. The van der Waals surface area contributed by atoms with Gasteiger partial charge in [-0.1, -0.05) is 6.92 Å². The molecule has 1 atom stereocenters. The lowest BCUT2D eigenvalue weighted by Gasteiger charge is -2.19.